The summed E-state index contributed by atoms with van der Waals surface area (Å²) in [5.74, 6) is 1.40. The molecule has 0 saturated heterocycles. The van der Waals surface area contributed by atoms with E-state index in [1.807, 2.05) is 53.9 Å². The number of methoxy groups -OCH3 is 1. The van der Waals surface area contributed by atoms with Crippen LogP contribution in [0.4, 0.5) is 5.82 Å². The fraction of sp³-hybridized carbons (Fsp3) is 0.133. The van der Waals surface area contributed by atoms with Crippen LogP contribution in [0, 0.1) is 6.92 Å². The summed E-state index contributed by atoms with van der Waals surface area (Å²) in [6.45, 7) is 2.02. The van der Waals surface area contributed by atoms with E-state index in [1.54, 1.807) is 7.11 Å². The highest BCUT2D eigenvalue weighted by atomic mass is 16.5. The molecule has 0 amide bonds. The standard InChI is InChI=1S/C15H15N3O/c1-10-6-5-9-18-14(16)13(17-15(10)18)11-7-3-4-8-12(11)19-2/h3-9H,16H2,1-2H3. The van der Waals surface area contributed by atoms with E-state index >= 15 is 0 Å². The van der Waals surface area contributed by atoms with Crippen LogP contribution in [0.15, 0.2) is 42.6 Å². The van der Waals surface area contributed by atoms with Crippen molar-refractivity contribution in [3.8, 4) is 17.0 Å². The number of fused-ring (bicyclic) bond motifs is 1. The number of hydrogen-bond donors (Lipinski definition) is 1. The number of imidazole rings is 1. The molecule has 0 fully saturated rings. The zero-order chi connectivity index (χ0) is 13.4. The molecule has 0 saturated carbocycles. The van der Waals surface area contributed by atoms with Gasteiger partial charge in [0.05, 0.1) is 7.11 Å². The molecule has 4 heteroatoms. The van der Waals surface area contributed by atoms with Crippen LogP contribution in [0.1, 0.15) is 5.56 Å². The van der Waals surface area contributed by atoms with Gasteiger partial charge in [-0.05, 0) is 30.7 Å². The number of hydrogen-bond acceptors (Lipinski definition) is 3. The summed E-state index contributed by atoms with van der Waals surface area (Å²) in [5.41, 5.74) is 9.84. The van der Waals surface area contributed by atoms with Crippen LogP contribution >= 0.6 is 0 Å². The topological polar surface area (TPSA) is 52.5 Å². The smallest absolute Gasteiger partial charge is 0.142 e. The van der Waals surface area contributed by atoms with Crippen molar-refractivity contribution in [2.45, 2.75) is 6.92 Å². The second-order valence-electron chi connectivity index (χ2n) is 4.43. The lowest BCUT2D eigenvalue weighted by molar-refractivity contribution is 0.416. The number of rotatable bonds is 2. The molecule has 1 aromatic carbocycles. The van der Waals surface area contributed by atoms with Crippen LogP contribution in [0.25, 0.3) is 16.9 Å². The number of nitrogens with zero attached hydrogens (tertiary/aromatic N) is 2. The molecule has 0 radical (unpaired) electrons. The predicted molar refractivity (Wildman–Crippen MR) is 76.3 cm³/mol. The maximum absolute atomic E-state index is 6.21. The van der Waals surface area contributed by atoms with Crippen LogP contribution in [0.5, 0.6) is 5.75 Å². The number of benzene rings is 1. The predicted octanol–water partition coefficient (Wildman–Crippen LogP) is 2.90. The van der Waals surface area contributed by atoms with Gasteiger partial charge in [-0.2, -0.15) is 0 Å². The van der Waals surface area contributed by atoms with E-state index in [-0.39, 0.29) is 0 Å². The van der Waals surface area contributed by atoms with E-state index in [0.29, 0.717) is 5.82 Å². The highest BCUT2D eigenvalue weighted by molar-refractivity contribution is 5.79. The van der Waals surface area contributed by atoms with Crippen molar-refractivity contribution in [1.82, 2.24) is 9.38 Å². The van der Waals surface area contributed by atoms with Crippen LogP contribution < -0.4 is 10.5 Å². The van der Waals surface area contributed by atoms with Crippen molar-refractivity contribution >= 4 is 11.5 Å². The fourth-order valence-electron chi connectivity index (χ4n) is 2.26. The average Bonchev–Trinajstić information content (AvgIpc) is 2.78. The van der Waals surface area contributed by atoms with Gasteiger partial charge in [0.25, 0.3) is 0 Å². The maximum Gasteiger partial charge on any atom is 0.142 e. The Kier molecular flexibility index (Phi) is 2.63. The lowest BCUT2D eigenvalue weighted by Crippen LogP contribution is -1.95. The van der Waals surface area contributed by atoms with Crippen molar-refractivity contribution < 1.29 is 4.74 Å². The number of pyridine rings is 1. The molecule has 0 atom stereocenters. The van der Waals surface area contributed by atoms with Crippen LogP contribution in [0.3, 0.4) is 0 Å². The summed E-state index contributed by atoms with van der Waals surface area (Å²) in [5, 5.41) is 0. The Bertz CT molecular complexity index is 746. The summed E-state index contributed by atoms with van der Waals surface area (Å²) in [7, 11) is 1.65. The number of para-hydroxylation sites is 1. The van der Waals surface area contributed by atoms with E-state index in [9.17, 15) is 0 Å². The second kappa shape index (κ2) is 4.31. The van der Waals surface area contributed by atoms with E-state index in [4.69, 9.17) is 10.5 Å². The van der Waals surface area contributed by atoms with E-state index in [2.05, 4.69) is 4.98 Å². The van der Waals surface area contributed by atoms with Crippen molar-refractivity contribution in [3.63, 3.8) is 0 Å². The first-order chi connectivity index (χ1) is 9.22. The third-order valence-corrected chi connectivity index (χ3v) is 3.24. The van der Waals surface area contributed by atoms with Crippen LogP contribution in [0.2, 0.25) is 0 Å². The number of anilines is 1. The third-order valence-electron chi connectivity index (χ3n) is 3.24. The molecule has 96 valence electrons. The molecule has 2 N–H and O–H groups in total. The minimum atomic E-state index is 0.628. The molecular weight excluding hydrogens is 238 g/mol. The van der Waals surface area contributed by atoms with E-state index in [1.165, 1.54) is 0 Å². The molecule has 0 aliphatic heterocycles. The minimum absolute atomic E-state index is 0.628. The summed E-state index contributed by atoms with van der Waals surface area (Å²) in [6, 6.07) is 11.7. The van der Waals surface area contributed by atoms with Gasteiger partial charge in [-0.3, -0.25) is 4.40 Å². The van der Waals surface area contributed by atoms with Gasteiger partial charge in [0.15, 0.2) is 0 Å². The Hall–Kier alpha value is -2.49. The Morgan fingerprint density at radius 1 is 1.16 bits per heavy atom. The Labute approximate surface area is 111 Å². The van der Waals surface area contributed by atoms with Gasteiger partial charge in [0.2, 0.25) is 0 Å². The van der Waals surface area contributed by atoms with Gasteiger partial charge in [0, 0.05) is 11.8 Å². The molecular formula is C15H15N3O. The zero-order valence-electron chi connectivity index (χ0n) is 10.9. The largest absolute Gasteiger partial charge is 0.496 e. The van der Waals surface area contributed by atoms with Gasteiger partial charge in [-0.15, -0.1) is 0 Å². The van der Waals surface area contributed by atoms with Gasteiger partial charge < -0.3 is 10.5 Å². The molecule has 2 aromatic heterocycles. The van der Waals surface area contributed by atoms with Crippen LogP contribution in [-0.4, -0.2) is 16.5 Å². The SMILES string of the molecule is COc1ccccc1-c1nc2c(C)cccn2c1N. The number of aromatic nitrogens is 2. The third kappa shape index (κ3) is 1.73. The number of nitrogens with two attached hydrogens (primary N) is 1. The molecule has 19 heavy (non-hydrogen) atoms. The van der Waals surface area contributed by atoms with E-state index < -0.39 is 0 Å². The Morgan fingerprint density at radius 3 is 2.68 bits per heavy atom. The highest BCUT2D eigenvalue weighted by Crippen LogP contribution is 2.33. The minimum Gasteiger partial charge on any atom is -0.496 e. The van der Waals surface area contributed by atoms with E-state index in [0.717, 1.165) is 28.2 Å². The molecule has 3 aromatic rings. The summed E-state index contributed by atoms with van der Waals surface area (Å²) in [4.78, 5) is 4.65. The molecule has 4 nitrogen and oxygen atoms in total. The van der Waals surface area contributed by atoms with Crippen molar-refractivity contribution in [3.05, 3.63) is 48.2 Å². The number of ether oxygens (including phenoxy) is 1. The average molecular weight is 253 g/mol. The molecule has 3 rings (SSSR count). The quantitative estimate of drug-likeness (QED) is 0.764. The van der Waals surface area contributed by atoms with Crippen molar-refractivity contribution in [2.24, 2.45) is 0 Å². The van der Waals surface area contributed by atoms with Gasteiger partial charge in [-0.25, -0.2) is 4.98 Å². The maximum atomic E-state index is 6.21. The molecule has 0 bridgehead atoms. The summed E-state index contributed by atoms with van der Waals surface area (Å²) in [6.07, 6.45) is 1.92. The Morgan fingerprint density at radius 2 is 1.95 bits per heavy atom. The first kappa shape index (κ1) is 11.6. The molecule has 0 aliphatic carbocycles. The van der Waals surface area contributed by atoms with Gasteiger partial charge >= 0.3 is 0 Å². The van der Waals surface area contributed by atoms with Gasteiger partial charge in [0.1, 0.15) is 22.9 Å². The fourth-order valence-corrected chi connectivity index (χ4v) is 2.26. The monoisotopic (exact) mass is 253 g/mol. The van der Waals surface area contributed by atoms with Gasteiger partial charge in [-0.1, -0.05) is 18.2 Å². The first-order valence-corrected chi connectivity index (χ1v) is 6.09. The summed E-state index contributed by atoms with van der Waals surface area (Å²) >= 11 is 0. The summed E-state index contributed by atoms with van der Waals surface area (Å²) < 4.78 is 7.28. The normalized spacial score (nSPS) is 10.8. The number of aryl methyl sites for hydroxylation is 1. The molecule has 2 heterocycles. The lowest BCUT2D eigenvalue weighted by Gasteiger charge is -2.06. The van der Waals surface area contributed by atoms with Crippen molar-refractivity contribution in [1.29, 1.82) is 0 Å². The number of nitrogen functional groups attached to an aromatic ring is 1. The lowest BCUT2D eigenvalue weighted by atomic mass is 10.1. The highest BCUT2D eigenvalue weighted by Gasteiger charge is 2.15. The Balaban J connectivity index is 2.31. The van der Waals surface area contributed by atoms with Crippen LogP contribution in [-0.2, 0) is 0 Å². The molecule has 0 unspecified atom stereocenters. The van der Waals surface area contributed by atoms with Crippen molar-refractivity contribution in [2.75, 3.05) is 12.8 Å². The zero-order valence-corrected chi connectivity index (χ0v) is 10.9. The second-order valence-corrected chi connectivity index (χ2v) is 4.43. The molecule has 0 spiro atoms. The first-order valence-electron chi connectivity index (χ1n) is 6.09. The molecule has 0 aliphatic rings.